The first-order valence-corrected chi connectivity index (χ1v) is 9.93. The van der Waals surface area contributed by atoms with E-state index in [0.29, 0.717) is 23.6 Å². The van der Waals surface area contributed by atoms with Gasteiger partial charge >= 0.3 is 5.97 Å². The van der Waals surface area contributed by atoms with E-state index in [9.17, 15) is 4.79 Å². The number of benzene rings is 2. The second-order valence-electron chi connectivity index (χ2n) is 6.83. The zero-order valence-corrected chi connectivity index (χ0v) is 15.9. The van der Waals surface area contributed by atoms with Crippen LogP contribution in [0.2, 0.25) is 0 Å². The maximum absolute atomic E-state index is 12.2. The van der Waals surface area contributed by atoms with E-state index in [4.69, 9.17) is 9.15 Å². The molecule has 142 valence electrons. The summed E-state index contributed by atoms with van der Waals surface area (Å²) in [4.78, 5) is 16.7. The zero-order chi connectivity index (χ0) is 18.9. The topological polar surface area (TPSA) is 52.3 Å². The smallest absolute Gasteiger partial charge is 0.311 e. The third-order valence-corrected chi connectivity index (χ3v) is 4.62. The number of esters is 1. The standard InChI is InChI=1S/C23H27NO3/c1-2-3-4-5-6-7-8-17-22(25)26-20-15-11-9-13-18(20)23-24-19-14-10-12-16-21(19)27-23/h9-16H,2-8,17H2,1H3. The molecule has 0 aliphatic carbocycles. The molecule has 0 unspecified atom stereocenters. The molecule has 2 aromatic carbocycles. The van der Waals surface area contributed by atoms with E-state index in [1.807, 2.05) is 42.5 Å². The lowest BCUT2D eigenvalue weighted by Gasteiger charge is -2.07. The van der Waals surface area contributed by atoms with E-state index in [2.05, 4.69) is 11.9 Å². The predicted octanol–water partition coefficient (Wildman–Crippen LogP) is 6.54. The van der Waals surface area contributed by atoms with Gasteiger partial charge in [0.25, 0.3) is 0 Å². The van der Waals surface area contributed by atoms with Gasteiger partial charge < -0.3 is 9.15 Å². The lowest BCUT2D eigenvalue weighted by Crippen LogP contribution is -2.08. The molecule has 0 fully saturated rings. The number of aromatic nitrogens is 1. The molecule has 0 amide bonds. The fourth-order valence-electron chi connectivity index (χ4n) is 3.12. The molecule has 0 bridgehead atoms. The largest absolute Gasteiger partial charge is 0.436 e. The first kappa shape index (κ1) is 19.2. The Morgan fingerprint density at radius 1 is 0.926 bits per heavy atom. The maximum Gasteiger partial charge on any atom is 0.311 e. The molecule has 1 heterocycles. The monoisotopic (exact) mass is 365 g/mol. The minimum Gasteiger partial charge on any atom is -0.436 e. The highest BCUT2D eigenvalue weighted by Crippen LogP contribution is 2.31. The number of hydrogen-bond donors (Lipinski definition) is 0. The van der Waals surface area contributed by atoms with Gasteiger partial charge in [-0.1, -0.05) is 69.7 Å². The van der Waals surface area contributed by atoms with Crippen LogP contribution in [-0.4, -0.2) is 11.0 Å². The fraction of sp³-hybridized carbons (Fsp3) is 0.391. The summed E-state index contributed by atoms with van der Waals surface area (Å²) in [7, 11) is 0. The second-order valence-corrected chi connectivity index (χ2v) is 6.83. The molecule has 0 spiro atoms. The van der Waals surface area contributed by atoms with Crippen molar-refractivity contribution >= 4 is 17.1 Å². The van der Waals surface area contributed by atoms with Gasteiger partial charge in [0.2, 0.25) is 5.89 Å². The van der Waals surface area contributed by atoms with E-state index in [1.165, 1.54) is 32.1 Å². The summed E-state index contributed by atoms with van der Waals surface area (Å²) in [6, 6.07) is 15.0. The average molecular weight is 365 g/mol. The van der Waals surface area contributed by atoms with Crippen LogP contribution >= 0.6 is 0 Å². The summed E-state index contributed by atoms with van der Waals surface area (Å²) in [5, 5.41) is 0. The Kier molecular flexibility index (Phi) is 7.03. The van der Waals surface area contributed by atoms with Crippen molar-refractivity contribution in [1.29, 1.82) is 0 Å². The third kappa shape index (κ3) is 5.43. The van der Waals surface area contributed by atoms with Crippen LogP contribution in [0.3, 0.4) is 0 Å². The van der Waals surface area contributed by atoms with E-state index in [1.54, 1.807) is 6.07 Å². The number of hydrogen-bond acceptors (Lipinski definition) is 4. The first-order chi connectivity index (χ1) is 13.3. The summed E-state index contributed by atoms with van der Waals surface area (Å²) >= 11 is 0. The molecule has 0 radical (unpaired) electrons. The van der Waals surface area contributed by atoms with Crippen molar-refractivity contribution in [2.45, 2.75) is 58.3 Å². The van der Waals surface area contributed by atoms with Crippen LogP contribution in [-0.2, 0) is 4.79 Å². The SMILES string of the molecule is CCCCCCCCCC(=O)Oc1ccccc1-c1nc2ccccc2o1. The van der Waals surface area contributed by atoms with Gasteiger partial charge in [0.05, 0.1) is 5.56 Å². The number of carbonyl (C=O) groups excluding carboxylic acids is 1. The molecule has 4 heteroatoms. The fourth-order valence-corrected chi connectivity index (χ4v) is 3.12. The van der Waals surface area contributed by atoms with Crippen molar-refractivity contribution in [3.8, 4) is 17.2 Å². The Bertz CT molecular complexity index is 836. The van der Waals surface area contributed by atoms with Crippen LogP contribution < -0.4 is 4.74 Å². The first-order valence-electron chi connectivity index (χ1n) is 9.93. The molecule has 0 saturated carbocycles. The molecule has 4 nitrogen and oxygen atoms in total. The van der Waals surface area contributed by atoms with Gasteiger partial charge in [-0.05, 0) is 30.7 Å². The van der Waals surface area contributed by atoms with Gasteiger partial charge in [-0.2, -0.15) is 0 Å². The minimum absolute atomic E-state index is 0.202. The van der Waals surface area contributed by atoms with Gasteiger partial charge in [-0.15, -0.1) is 0 Å². The quantitative estimate of drug-likeness (QED) is 0.232. The van der Waals surface area contributed by atoms with Crippen LogP contribution in [0.25, 0.3) is 22.6 Å². The number of fused-ring (bicyclic) bond motifs is 1. The molecular formula is C23H27NO3. The lowest BCUT2D eigenvalue weighted by molar-refractivity contribution is -0.134. The van der Waals surface area contributed by atoms with Crippen molar-refractivity contribution in [3.63, 3.8) is 0 Å². The van der Waals surface area contributed by atoms with Crippen molar-refractivity contribution in [3.05, 3.63) is 48.5 Å². The summed E-state index contributed by atoms with van der Waals surface area (Å²) in [5.41, 5.74) is 2.20. The molecule has 0 aliphatic rings. The summed E-state index contributed by atoms with van der Waals surface area (Å²) < 4.78 is 11.4. The van der Waals surface area contributed by atoms with E-state index >= 15 is 0 Å². The molecule has 1 aromatic heterocycles. The van der Waals surface area contributed by atoms with Crippen LogP contribution in [0.1, 0.15) is 58.3 Å². The van der Waals surface area contributed by atoms with E-state index in [-0.39, 0.29) is 5.97 Å². The highest BCUT2D eigenvalue weighted by Gasteiger charge is 2.15. The Morgan fingerprint density at radius 3 is 2.44 bits per heavy atom. The van der Waals surface area contributed by atoms with Crippen LogP contribution in [0, 0.1) is 0 Å². The van der Waals surface area contributed by atoms with Crippen LogP contribution in [0.4, 0.5) is 0 Å². The van der Waals surface area contributed by atoms with Crippen molar-refractivity contribution in [1.82, 2.24) is 4.98 Å². The number of nitrogens with zero attached hydrogens (tertiary/aromatic N) is 1. The number of ether oxygens (including phenoxy) is 1. The molecule has 0 atom stereocenters. The number of carbonyl (C=O) groups is 1. The van der Waals surface area contributed by atoms with Gasteiger partial charge in [0.15, 0.2) is 5.58 Å². The Hall–Kier alpha value is -2.62. The minimum atomic E-state index is -0.202. The number of para-hydroxylation sites is 3. The molecule has 3 rings (SSSR count). The van der Waals surface area contributed by atoms with Gasteiger partial charge in [0, 0.05) is 6.42 Å². The summed E-state index contributed by atoms with van der Waals surface area (Å²) in [6.45, 7) is 2.22. The Morgan fingerprint density at radius 2 is 1.63 bits per heavy atom. The summed E-state index contributed by atoms with van der Waals surface area (Å²) in [5.74, 6) is 0.764. The van der Waals surface area contributed by atoms with Crippen molar-refractivity contribution < 1.29 is 13.9 Å². The third-order valence-electron chi connectivity index (χ3n) is 4.62. The van der Waals surface area contributed by atoms with Crippen LogP contribution in [0.5, 0.6) is 5.75 Å². The number of unbranched alkanes of at least 4 members (excludes halogenated alkanes) is 6. The van der Waals surface area contributed by atoms with Crippen molar-refractivity contribution in [2.75, 3.05) is 0 Å². The van der Waals surface area contributed by atoms with E-state index < -0.39 is 0 Å². The molecule has 3 aromatic rings. The predicted molar refractivity (Wildman–Crippen MR) is 108 cm³/mol. The molecule has 0 N–H and O–H groups in total. The maximum atomic E-state index is 12.2. The van der Waals surface area contributed by atoms with E-state index in [0.717, 1.165) is 23.9 Å². The number of oxazole rings is 1. The summed E-state index contributed by atoms with van der Waals surface area (Å²) in [6.07, 6.45) is 8.67. The highest BCUT2D eigenvalue weighted by atomic mass is 16.5. The molecule has 0 saturated heterocycles. The van der Waals surface area contributed by atoms with Gasteiger partial charge in [0.1, 0.15) is 11.3 Å². The van der Waals surface area contributed by atoms with Crippen molar-refractivity contribution in [2.24, 2.45) is 0 Å². The molecular weight excluding hydrogens is 338 g/mol. The Balaban J connectivity index is 1.57. The molecule has 27 heavy (non-hydrogen) atoms. The highest BCUT2D eigenvalue weighted by molar-refractivity contribution is 5.79. The lowest BCUT2D eigenvalue weighted by atomic mass is 10.1. The Labute approximate surface area is 160 Å². The van der Waals surface area contributed by atoms with Gasteiger partial charge in [-0.25, -0.2) is 4.98 Å². The second kappa shape index (κ2) is 9.91. The zero-order valence-electron chi connectivity index (χ0n) is 15.9. The number of rotatable bonds is 10. The van der Waals surface area contributed by atoms with Gasteiger partial charge in [-0.3, -0.25) is 4.79 Å². The molecule has 0 aliphatic heterocycles. The van der Waals surface area contributed by atoms with Crippen LogP contribution in [0.15, 0.2) is 52.9 Å². The normalized spacial score (nSPS) is 11.0. The average Bonchev–Trinajstić information content (AvgIpc) is 3.12.